The van der Waals surface area contributed by atoms with E-state index >= 15 is 0 Å². The summed E-state index contributed by atoms with van der Waals surface area (Å²) < 4.78 is 11.2. The maximum absolute atomic E-state index is 13.4. The van der Waals surface area contributed by atoms with Gasteiger partial charge in [0, 0.05) is 24.5 Å². The molecule has 1 unspecified atom stereocenters. The Bertz CT molecular complexity index is 883. The highest BCUT2D eigenvalue weighted by Gasteiger charge is 2.41. The third-order valence-electron chi connectivity index (χ3n) is 5.34. The first-order chi connectivity index (χ1) is 14.3. The van der Waals surface area contributed by atoms with Crippen molar-refractivity contribution in [2.75, 3.05) is 20.8 Å². The van der Waals surface area contributed by atoms with Crippen molar-refractivity contribution in [1.29, 1.82) is 0 Å². The predicted octanol–water partition coefficient (Wildman–Crippen LogP) is 3.51. The summed E-state index contributed by atoms with van der Waals surface area (Å²) in [5.41, 5.74) is 1.88. The minimum Gasteiger partial charge on any atom is -0.453 e. The normalized spacial score (nSPS) is 19.7. The van der Waals surface area contributed by atoms with Crippen molar-refractivity contribution in [3.63, 3.8) is 0 Å². The molecule has 2 amide bonds. The Kier molecular flexibility index (Phi) is 7.14. The van der Waals surface area contributed by atoms with Gasteiger partial charge in [0.15, 0.2) is 0 Å². The van der Waals surface area contributed by atoms with Gasteiger partial charge in [-0.25, -0.2) is 9.78 Å². The number of halogens is 1. The monoisotopic (exact) mass is 478 g/mol. The lowest BCUT2D eigenvalue weighted by Crippen LogP contribution is -2.51. The van der Waals surface area contributed by atoms with Crippen molar-refractivity contribution < 1.29 is 19.1 Å². The van der Waals surface area contributed by atoms with Gasteiger partial charge in [-0.3, -0.25) is 4.79 Å². The highest BCUT2D eigenvalue weighted by molar-refractivity contribution is 9.10. The molecule has 0 spiro atoms. The van der Waals surface area contributed by atoms with Gasteiger partial charge in [-0.15, -0.1) is 0 Å². The fraction of sp³-hybridized carbons (Fsp3) is 0.476. The van der Waals surface area contributed by atoms with Crippen LogP contribution in [0, 0.1) is 5.92 Å². The quantitative estimate of drug-likeness (QED) is 0.661. The summed E-state index contributed by atoms with van der Waals surface area (Å²) >= 11 is 3.44. The maximum Gasteiger partial charge on any atom is 0.407 e. The number of rotatable bonds is 6. The molecule has 1 aliphatic heterocycles. The van der Waals surface area contributed by atoms with Gasteiger partial charge in [-0.05, 0) is 23.6 Å². The van der Waals surface area contributed by atoms with Crippen LogP contribution in [0.15, 0.2) is 34.9 Å². The van der Waals surface area contributed by atoms with Crippen LogP contribution in [-0.2, 0) is 14.3 Å². The number of carbonyl (C=O) groups is 2. The second-order valence-corrected chi connectivity index (χ2v) is 8.56. The van der Waals surface area contributed by atoms with Gasteiger partial charge >= 0.3 is 6.09 Å². The average Bonchev–Trinajstić information content (AvgIpc) is 3.38. The van der Waals surface area contributed by atoms with E-state index in [4.69, 9.17) is 9.47 Å². The van der Waals surface area contributed by atoms with Crippen molar-refractivity contribution in [2.24, 2.45) is 5.92 Å². The molecule has 1 saturated heterocycles. The second kappa shape index (κ2) is 9.61. The number of aromatic amines is 1. The van der Waals surface area contributed by atoms with Crippen LogP contribution in [0.1, 0.15) is 32.1 Å². The molecule has 1 fully saturated rings. The fourth-order valence-corrected chi connectivity index (χ4v) is 3.90. The van der Waals surface area contributed by atoms with Crippen LogP contribution < -0.4 is 5.32 Å². The zero-order valence-corrected chi connectivity index (χ0v) is 19.1. The molecule has 2 aromatic rings. The van der Waals surface area contributed by atoms with E-state index < -0.39 is 12.1 Å². The molecule has 30 heavy (non-hydrogen) atoms. The number of hydrogen-bond donors (Lipinski definition) is 2. The largest absolute Gasteiger partial charge is 0.453 e. The molecule has 0 radical (unpaired) electrons. The van der Waals surface area contributed by atoms with Gasteiger partial charge in [-0.2, -0.15) is 0 Å². The molecule has 9 heteroatoms. The first-order valence-electron chi connectivity index (χ1n) is 9.82. The minimum atomic E-state index is -0.698. The third kappa shape index (κ3) is 4.84. The van der Waals surface area contributed by atoms with E-state index in [1.807, 2.05) is 38.1 Å². The molecule has 0 aliphatic carbocycles. The molecule has 3 rings (SSSR count). The molecule has 1 aromatic carbocycles. The van der Waals surface area contributed by atoms with Crippen LogP contribution in [0.2, 0.25) is 0 Å². The number of ether oxygens (including phenoxy) is 2. The van der Waals surface area contributed by atoms with Gasteiger partial charge in [0.2, 0.25) is 5.91 Å². The number of likely N-dealkylation sites (tertiary alicyclic amines) is 1. The topological polar surface area (TPSA) is 96.6 Å². The lowest BCUT2D eigenvalue weighted by atomic mass is 10.0. The Labute approximate surface area is 184 Å². The second-order valence-electron chi connectivity index (χ2n) is 7.65. The Hall–Kier alpha value is -2.39. The summed E-state index contributed by atoms with van der Waals surface area (Å²) in [6, 6.07) is 6.95. The number of imidazole rings is 1. The number of nitrogens with one attached hydrogen (secondary N) is 2. The van der Waals surface area contributed by atoms with E-state index in [1.54, 1.807) is 18.2 Å². The van der Waals surface area contributed by atoms with Gasteiger partial charge in [-0.1, -0.05) is 41.9 Å². The van der Waals surface area contributed by atoms with E-state index in [2.05, 4.69) is 31.2 Å². The zero-order chi connectivity index (χ0) is 21.8. The van der Waals surface area contributed by atoms with Crippen LogP contribution in [0.5, 0.6) is 0 Å². The molecule has 1 aliphatic rings. The van der Waals surface area contributed by atoms with Crippen molar-refractivity contribution in [2.45, 2.75) is 38.5 Å². The molecule has 2 N–H and O–H groups in total. The molecule has 3 atom stereocenters. The summed E-state index contributed by atoms with van der Waals surface area (Å²) in [7, 11) is 2.92. The van der Waals surface area contributed by atoms with Crippen LogP contribution in [0.3, 0.4) is 0 Å². The summed E-state index contributed by atoms with van der Waals surface area (Å²) in [5, 5.41) is 2.66. The summed E-state index contributed by atoms with van der Waals surface area (Å²) in [5.74, 6) is 0.414. The molecule has 0 saturated carbocycles. The van der Waals surface area contributed by atoms with E-state index in [0.29, 0.717) is 18.8 Å². The lowest BCUT2D eigenvalue weighted by molar-refractivity contribution is -0.135. The van der Waals surface area contributed by atoms with Crippen molar-refractivity contribution in [3.05, 3.63) is 40.8 Å². The molecule has 0 bridgehead atoms. The molecule has 162 valence electrons. The number of carbonyl (C=O) groups excluding carboxylic acids is 2. The van der Waals surface area contributed by atoms with Crippen LogP contribution >= 0.6 is 15.9 Å². The third-order valence-corrected chi connectivity index (χ3v) is 5.87. The van der Waals surface area contributed by atoms with Gasteiger partial charge in [0.05, 0.1) is 31.1 Å². The van der Waals surface area contributed by atoms with Crippen molar-refractivity contribution in [3.8, 4) is 11.3 Å². The summed E-state index contributed by atoms with van der Waals surface area (Å²) in [4.78, 5) is 34.7. The molecular formula is C21H27BrN4O4. The van der Waals surface area contributed by atoms with Crippen molar-refractivity contribution in [1.82, 2.24) is 20.2 Å². The Morgan fingerprint density at radius 3 is 2.57 bits per heavy atom. The van der Waals surface area contributed by atoms with Crippen LogP contribution in [0.4, 0.5) is 4.79 Å². The number of nitrogens with zero attached hydrogens (tertiary/aromatic N) is 2. The first-order valence-corrected chi connectivity index (χ1v) is 10.6. The van der Waals surface area contributed by atoms with E-state index in [0.717, 1.165) is 15.7 Å². The SMILES string of the molecule is COC(=O)NC(C(=O)N1C[C@@H](OC)C[C@H]1c1ncc(-c2ccc(Br)cc2)[nH]1)C(C)C. The number of hydrogen-bond acceptors (Lipinski definition) is 5. The van der Waals surface area contributed by atoms with Crippen LogP contribution in [-0.4, -0.2) is 59.8 Å². The average molecular weight is 479 g/mol. The van der Waals surface area contributed by atoms with Gasteiger partial charge in [0.1, 0.15) is 11.9 Å². The number of alkyl carbamates (subject to hydrolysis) is 1. The highest BCUT2D eigenvalue weighted by Crippen LogP contribution is 2.34. The van der Waals surface area contributed by atoms with Gasteiger partial charge in [0.25, 0.3) is 0 Å². The summed E-state index contributed by atoms with van der Waals surface area (Å²) in [6.07, 6.45) is 1.66. The number of amides is 2. The molecule has 1 aromatic heterocycles. The Morgan fingerprint density at radius 1 is 1.27 bits per heavy atom. The van der Waals surface area contributed by atoms with Gasteiger partial charge < -0.3 is 24.7 Å². The van der Waals surface area contributed by atoms with E-state index in [9.17, 15) is 9.59 Å². The standard InChI is InChI=1S/C21H27BrN4O4/c1-12(2)18(25-21(28)30-4)20(27)26-11-15(29-3)9-17(26)19-23-10-16(24-19)13-5-7-14(22)8-6-13/h5-8,10,12,15,17-18H,9,11H2,1-4H3,(H,23,24)(H,25,28)/t15-,17-,18?/m0/s1. The Morgan fingerprint density at radius 2 is 1.97 bits per heavy atom. The molecular weight excluding hydrogens is 452 g/mol. The zero-order valence-electron chi connectivity index (χ0n) is 17.5. The van der Waals surface area contributed by atoms with E-state index in [-0.39, 0.29) is 24.0 Å². The lowest BCUT2D eigenvalue weighted by Gasteiger charge is -2.29. The molecule has 8 nitrogen and oxygen atoms in total. The number of benzene rings is 1. The fourth-order valence-electron chi connectivity index (χ4n) is 3.63. The van der Waals surface area contributed by atoms with Crippen LogP contribution in [0.25, 0.3) is 11.3 Å². The predicted molar refractivity (Wildman–Crippen MR) is 116 cm³/mol. The highest BCUT2D eigenvalue weighted by atomic mass is 79.9. The number of methoxy groups -OCH3 is 2. The van der Waals surface area contributed by atoms with Crippen molar-refractivity contribution >= 4 is 27.9 Å². The Balaban J connectivity index is 1.86. The number of H-pyrrole nitrogens is 1. The number of aromatic nitrogens is 2. The first kappa shape index (κ1) is 22.3. The molecule has 2 heterocycles. The summed E-state index contributed by atoms with van der Waals surface area (Å²) in [6.45, 7) is 4.20. The van der Waals surface area contributed by atoms with E-state index in [1.165, 1.54) is 7.11 Å². The smallest absolute Gasteiger partial charge is 0.407 e. The minimum absolute atomic E-state index is 0.103. The maximum atomic E-state index is 13.4.